The lowest BCUT2D eigenvalue weighted by molar-refractivity contribution is -0.121. The highest BCUT2D eigenvalue weighted by molar-refractivity contribution is 5.75. The third-order valence-electron chi connectivity index (χ3n) is 3.15. The van der Waals surface area contributed by atoms with Crippen LogP contribution in [-0.2, 0) is 11.3 Å². The monoisotopic (exact) mass is 317 g/mol. The van der Waals surface area contributed by atoms with E-state index in [9.17, 15) is 4.79 Å². The Morgan fingerprint density at radius 1 is 1.04 bits per heavy atom. The van der Waals surface area contributed by atoms with Crippen LogP contribution in [0.15, 0.2) is 60.7 Å². The summed E-state index contributed by atoms with van der Waals surface area (Å²) in [5.41, 5.74) is 1.77. The molecule has 0 atom stereocenters. The van der Waals surface area contributed by atoms with E-state index >= 15 is 0 Å². The number of tetrazole rings is 1. The second kappa shape index (κ2) is 7.70. The molecule has 1 N–H and O–H groups in total. The third kappa shape index (κ3) is 4.27. The zero-order chi connectivity index (χ0) is 16.6. The Morgan fingerprint density at radius 2 is 1.75 bits per heavy atom. The smallest absolute Gasteiger partial charge is 0.244 e. The molecule has 6 nitrogen and oxygen atoms in total. The van der Waals surface area contributed by atoms with E-state index in [0.29, 0.717) is 5.82 Å². The number of hydrogen-bond acceptors (Lipinski definition) is 4. The highest BCUT2D eigenvalue weighted by Crippen LogP contribution is 2.11. The molecule has 24 heavy (non-hydrogen) atoms. The molecule has 0 saturated heterocycles. The van der Waals surface area contributed by atoms with Crippen LogP contribution in [0.4, 0.5) is 0 Å². The van der Waals surface area contributed by atoms with Crippen LogP contribution in [0.2, 0.25) is 0 Å². The second-order valence-electron chi connectivity index (χ2n) is 4.95. The largest absolute Gasteiger partial charge is 0.343 e. The Hall–Kier alpha value is -3.46. The maximum absolute atomic E-state index is 11.9. The minimum Gasteiger partial charge on any atom is -0.343 e. The van der Waals surface area contributed by atoms with Gasteiger partial charge in [-0.3, -0.25) is 4.79 Å². The summed E-state index contributed by atoms with van der Waals surface area (Å²) in [5, 5.41) is 14.7. The van der Waals surface area contributed by atoms with Gasteiger partial charge in [0.25, 0.3) is 0 Å². The van der Waals surface area contributed by atoms with Gasteiger partial charge in [0, 0.05) is 11.1 Å². The zero-order valence-electron chi connectivity index (χ0n) is 12.9. The van der Waals surface area contributed by atoms with Crippen molar-refractivity contribution in [3.05, 3.63) is 66.2 Å². The number of amides is 1. The molecule has 0 fully saturated rings. The summed E-state index contributed by atoms with van der Waals surface area (Å²) in [5.74, 6) is 6.16. The minimum absolute atomic E-state index is 0.00680. The molecular formula is C18H15N5O. The van der Waals surface area contributed by atoms with Crippen LogP contribution in [0.5, 0.6) is 0 Å². The van der Waals surface area contributed by atoms with Gasteiger partial charge >= 0.3 is 0 Å². The highest BCUT2D eigenvalue weighted by Gasteiger charge is 2.08. The average molecular weight is 317 g/mol. The van der Waals surface area contributed by atoms with E-state index < -0.39 is 0 Å². The molecule has 0 aliphatic carbocycles. The van der Waals surface area contributed by atoms with E-state index in [-0.39, 0.29) is 19.0 Å². The number of hydrogen-bond donors (Lipinski definition) is 1. The summed E-state index contributed by atoms with van der Waals surface area (Å²) in [7, 11) is 0. The molecule has 0 radical (unpaired) electrons. The van der Waals surface area contributed by atoms with Gasteiger partial charge in [0.05, 0.1) is 6.54 Å². The van der Waals surface area contributed by atoms with Gasteiger partial charge in [0.15, 0.2) is 0 Å². The summed E-state index contributed by atoms with van der Waals surface area (Å²) in [6.45, 7) is 0.279. The Labute approximate surface area is 139 Å². The number of nitrogens with one attached hydrogen (secondary N) is 1. The van der Waals surface area contributed by atoms with Crippen molar-refractivity contribution in [2.45, 2.75) is 6.54 Å². The first-order chi connectivity index (χ1) is 11.8. The fourth-order valence-corrected chi connectivity index (χ4v) is 2.01. The molecule has 0 aliphatic heterocycles. The fraction of sp³-hybridized carbons (Fsp3) is 0.111. The van der Waals surface area contributed by atoms with Crippen molar-refractivity contribution < 1.29 is 4.79 Å². The molecule has 1 heterocycles. The Morgan fingerprint density at radius 3 is 2.50 bits per heavy atom. The molecule has 0 bridgehead atoms. The maximum Gasteiger partial charge on any atom is 0.244 e. The molecule has 0 spiro atoms. The molecular weight excluding hydrogens is 302 g/mol. The Bertz CT molecular complexity index is 862. The molecule has 6 heteroatoms. The van der Waals surface area contributed by atoms with Crippen LogP contribution < -0.4 is 5.32 Å². The normalized spacial score (nSPS) is 9.83. The van der Waals surface area contributed by atoms with Gasteiger partial charge in [-0.2, -0.15) is 4.80 Å². The number of carbonyl (C=O) groups excluding carboxylic acids is 1. The van der Waals surface area contributed by atoms with Crippen molar-refractivity contribution in [3.8, 4) is 23.2 Å². The van der Waals surface area contributed by atoms with Crippen LogP contribution in [0.3, 0.4) is 0 Å². The van der Waals surface area contributed by atoms with Gasteiger partial charge in [0.2, 0.25) is 11.7 Å². The van der Waals surface area contributed by atoms with E-state index in [0.717, 1.165) is 11.1 Å². The lowest BCUT2D eigenvalue weighted by Gasteiger charge is -1.99. The molecule has 3 aromatic rings. The van der Waals surface area contributed by atoms with Crippen molar-refractivity contribution >= 4 is 5.91 Å². The first-order valence-electron chi connectivity index (χ1n) is 7.45. The summed E-state index contributed by atoms with van der Waals surface area (Å²) < 4.78 is 0. The van der Waals surface area contributed by atoms with Crippen LogP contribution in [0.25, 0.3) is 11.4 Å². The fourth-order valence-electron chi connectivity index (χ4n) is 2.01. The standard InChI is InChI=1S/C18H15N5O/c24-17(19-13-7-10-15-8-3-1-4-9-15)14-23-21-18(20-22-23)16-11-5-2-6-12-16/h1-6,8-9,11-12H,13-14H2,(H,19,24). The van der Waals surface area contributed by atoms with E-state index in [1.165, 1.54) is 4.80 Å². The first kappa shape index (κ1) is 15.4. The SMILES string of the molecule is O=C(Cn1nnc(-c2ccccc2)n1)NCC#Cc1ccccc1. The Balaban J connectivity index is 1.51. The van der Waals surface area contributed by atoms with E-state index in [2.05, 4.69) is 32.6 Å². The summed E-state index contributed by atoms with van der Waals surface area (Å²) in [6.07, 6.45) is 0. The van der Waals surface area contributed by atoms with E-state index in [4.69, 9.17) is 0 Å². The molecule has 0 unspecified atom stereocenters. The van der Waals surface area contributed by atoms with Crippen LogP contribution >= 0.6 is 0 Å². The number of nitrogens with zero attached hydrogens (tertiary/aromatic N) is 4. The van der Waals surface area contributed by atoms with Crippen molar-refractivity contribution in [2.24, 2.45) is 0 Å². The molecule has 1 aromatic heterocycles. The van der Waals surface area contributed by atoms with Gasteiger partial charge in [-0.25, -0.2) is 0 Å². The van der Waals surface area contributed by atoms with Crippen molar-refractivity contribution in [2.75, 3.05) is 6.54 Å². The molecule has 118 valence electrons. The van der Waals surface area contributed by atoms with Crippen molar-refractivity contribution in [3.63, 3.8) is 0 Å². The average Bonchev–Trinajstić information content (AvgIpc) is 3.09. The molecule has 0 saturated carbocycles. The first-order valence-corrected chi connectivity index (χ1v) is 7.45. The maximum atomic E-state index is 11.9. The van der Waals surface area contributed by atoms with E-state index in [1.54, 1.807) is 0 Å². The van der Waals surface area contributed by atoms with Crippen molar-refractivity contribution in [1.29, 1.82) is 0 Å². The minimum atomic E-state index is -0.214. The molecule has 0 aliphatic rings. The van der Waals surface area contributed by atoms with Gasteiger partial charge in [-0.05, 0) is 17.3 Å². The highest BCUT2D eigenvalue weighted by atomic mass is 16.2. The zero-order valence-corrected chi connectivity index (χ0v) is 12.9. The van der Waals surface area contributed by atoms with Gasteiger partial charge in [-0.15, -0.1) is 10.2 Å². The predicted octanol–water partition coefficient (Wildman–Crippen LogP) is 1.51. The van der Waals surface area contributed by atoms with Gasteiger partial charge in [-0.1, -0.05) is 60.4 Å². The number of benzene rings is 2. The third-order valence-corrected chi connectivity index (χ3v) is 3.15. The number of aromatic nitrogens is 4. The van der Waals surface area contributed by atoms with Crippen LogP contribution in [-0.4, -0.2) is 32.7 Å². The van der Waals surface area contributed by atoms with Crippen molar-refractivity contribution in [1.82, 2.24) is 25.5 Å². The molecule has 3 rings (SSSR count). The topological polar surface area (TPSA) is 72.7 Å². The van der Waals surface area contributed by atoms with Gasteiger partial charge in [0.1, 0.15) is 6.54 Å². The molecule has 1 amide bonds. The summed E-state index contributed by atoms with van der Waals surface area (Å²) in [6, 6.07) is 19.1. The predicted molar refractivity (Wildman–Crippen MR) is 89.6 cm³/mol. The van der Waals surface area contributed by atoms with Crippen LogP contribution in [0, 0.1) is 11.8 Å². The number of rotatable bonds is 4. The lowest BCUT2D eigenvalue weighted by Crippen LogP contribution is -2.28. The quantitative estimate of drug-likeness (QED) is 0.740. The molecule has 2 aromatic carbocycles. The lowest BCUT2D eigenvalue weighted by atomic mass is 10.2. The number of carbonyl (C=O) groups is 1. The second-order valence-corrected chi connectivity index (χ2v) is 4.95. The summed E-state index contributed by atoms with van der Waals surface area (Å²) >= 11 is 0. The summed E-state index contributed by atoms with van der Waals surface area (Å²) in [4.78, 5) is 13.1. The van der Waals surface area contributed by atoms with E-state index in [1.807, 2.05) is 60.7 Å². The van der Waals surface area contributed by atoms with Crippen LogP contribution in [0.1, 0.15) is 5.56 Å². The Kier molecular flexibility index (Phi) is 4.95. The van der Waals surface area contributed by atoms with Gasteiger partial charge < -0.3 is 5.32 Å².